The minimum Gasteiger partial charge on any atom is -0.506 e. The van der Waals surface area contributed by atoms with Crippen molar-refractivity contribution in [3.63, 3.8) is 0 Å². The maximum atomic E-state index is 12.7. The van der Waals surface area contributed by atoms with E-state index in [4.69, 9.17) is 4.74 Å². The van der Waals surface area contributed by atoms with Crippen molar-refractivity contribution in [1.82, 2.24) is 4.57 Å². The van der Waals surface area contributed by atoms with Gasteiger partial charge in [0.15, 0.2) is 0 Å². The molecule has 1 aromatic heterocycles. The zero-order valence-electron chi connectivity index (χ0n) is 20.8. The summed E-state index contributed by atoms with van der Waals surface area (Å²) in [6.07, 6.45) is 2.85. The highest BCUT2D eigenvalue weighted by Crippen LogP contribution is 2.41. The first kappa shape index (κ1) is 24.6. The predicted molar refractivity (Wildman–Crippen MR) is 145 cm³/mol. The molecule has 2 heterocycles. The first-order valence-corrected chi connectivity index (χ1v) is 12.6. The van der Waals surface area contributed by atoms with Gasteiger partial charge in [-0.05, 0) is 87.2 Å². The number of nitrogens with zero attached hydrogens (tertiary/aromatic N) is 2. The lowest BCUT2D eigenvalue weighted by molar-refractivity contribution is -0.138. The van der Waals surface area contributed by atoms with E-state index in [0.717, 1.165) is 34.7 Å². The van der Waals surface area contributed by atoms with Crippen molar-refractivity contribution < 1.29 is 14.6 Å². The van der Waals surface area contributed by atoms with E-state index in [1.807, 2.05) is 36.4 Å². The van der Waals surface area contributed by atoms with E-state index in [9.17, 15) is 9.90 Å². The Labute approximate surface area is 210 Å². The number of aliphatic hydroxyl groups excluding tert-OH is 1. The summed E-state index contributed by atoms with van der Waals surface area (Å²) in [7, 11) is 0. The predicted octanol–water partition coefficient (Wildman–Crippen LogP) is 7.16. The summed E-state index contributed by atoms with van der Waals surface area (Å²) in [5.41, 5.74) is 7.42. The Morgan fingerprint density at radius 1 is 1.09 bits per heavy atom. The minimum absolute atomic E-state index is 0.0993. The number of esters is 1. The average molecular weight is 487 g/mol. The number of hydrogen-bond acceptors (Lipinski definition) is 5. The van der Waals surface area contributed by atoms with Crippen LogP contribution < -0.4 is 0 Å². The highest BCUT2D eigenvalue weighted by atomic mass is 32.2. The second-order valence-corrected chi connectivity index (χ2v) is 9.52. The van der Waals surface area contributed by atoms with Crippen LogP contribution in [0.3, 0.4) is 0 Å². The molecule has 0 aliphatic carbocycles. The van der Waals surface area contributed by atoms with E-state index in [-0.39, 0.29) is 17.9 Å². The van der Waals surface area contributed by atoms with Gasteiger partial charge in [0.05, 0.1) is 17.2 Å². The molecular weight excluding hydrogens is 456 g/mol. The number of aryl methyl sites for hydroxylation is 3. The number of thioether (sulfide) groups is 1. The maximum absolute atomic E-state index is 12.7. The van der Waals surface area contributed by atoms with Crippen LogP contribution in [0.25, 0.3) is 11.8 Å². The first-order chi connectivity index (χ1) is 16.8. The zero-order chi connectivity index (χ0) is 25.1. The molecule has 0 amide bonds. The van der Waals surface area contributed by atoms with Crippen LogP contribution in [0.15, 0.2) is 75.8 Å². The van der Waals surface area contributed by atoms with E-state index in [2.05, 4.69) is 61.5 Å². The monoisotopic (exact) mass is 486 g/mol. The van der Waals surface area contributed by atoms with Gasteiger partial charge in [-0.1, -0.05) is 43.0 Å². The fourth-order valence-electron chi connectivity index (χ4n) is 4.15. The molecule has 180 valence electrons. The van der Waals surface area contributed by atoms with Crippen molar-refractivity contribution in [1.29, 1.82) is 0 Å². The van der Waals surface area contributed by atoms with Gasteiger partial charge in [0.25, 0.3) is 0 Å². The van der Waals surface area contributed by atoms with Crippen molar-refractivity contribution >= 4 is 34.5 Å². The topological polar surface area (TPSA) is 63.8 Å². The molecule has 1 N–H and O–H groups in total. The smallest absolute Gasteiger partial charge is 0.344 e. The molecule has 5 nitrogen and oxygen atoms in total. The molecule has 0 saturated heterocycles. The Bertz CT molecular complexity index is 1360. The highest BCUT2D eigenvalue weighted by Gasteiger charge is 2.33. The number of aromatic nitrogens is 1. The van der Waals surface area contributed by atoms with Crippen molar-refractivity contribution in [2.45, 2.75) is 41.0 Å². The van der Waals surface area contributed by atoms with Crippen LogP contribution in [-0.2, 0) is 16.0 Å². The summed E-state index contributed by atoms with van der Waals surface area (Å²) < 4.78 is 7.42. The van der Waals surface area contributed by atoms with Gasteiger partial charge in [-0.3, -0.25) is 0 Å². The molecule has 4 rings (SSSR count). The molecule has 0 radical (unpaired) electrons. The highest BCUT2D eigenvalue weighted by molar-refractivity contribution is 8.18. The van der Waals surface area contributed by atoms with Crippen molar-refractivity contribution in [3.05, 3.63) is 98.9 Å². The molecular formula is C29H30N2O3S. The normalized spacial score (nSPS) is 15.9. The van der Waals surface area contributed by atoms with Crippen LogP contribution in [-0.4, -0.2) is 27.3 Å². The van der Waals surface area contributed by atoms with Crippen LogP contribution in [0, 0.1) is 20.8 Å². The van der Waals surface area contributed by atoms with E-state index >= 15 is 0 Å². The number of hydrogen-bond donors (Lipinski definition) is 1. The van der Waals surface area contributed by atoms with E-state index in [1.54, 1.807) is 6.92 Å². The Morgan fingerprint density at radius 3 is 2.49 bits per heavy atom. The summed E-state index contributed by atoms with van der Waals surface area (Å²) in [4.78, 5) is 18.0. The fraction of sp³-hybridized carbons (Fsp3) is 0.241. The first-order valence-electron chi connectivity index (χ1n) is 11.8. The van der Waals surface area contributed by atoms with Crippen LogP contribution in [0.2, 0.25) is 0 Å². The molecule has 0 bridgehead atoms. The Morgan fingerprint density at radius 2 is 1.83 bits per heavy atom. The van der Waals surface area contributed by atoms with Gasteiger partial charge in [-0.15, -0.1) is 0 Å². The SMILES string of the molecule is CCOC(=O)C1=C(O)/C(=C\c2cc(C)n(-c3cccc(C)c3)c2C)SC1=Nc1ccc(CC)cc1. The van der Waals surface area contributed by atoms with Crippen molar-refractivity contribution in [2.24, 2.45) is 4.99 Å². The van der Waals surface area contributed by atoms with Crippen molar-refractivity contribution in [3.8, 4) is 5.69 Å². The molecule has 6 heteroatoms. The number of aliphatic imine (C=N–C) groups is 1. The molecule has 0 spiro atoms. The molecule has 1 aliphatic rings. The number of carbonyl (C=O) groups is 1. The largest absolute Gasteiger partial charge is 0.506 e. The van der Waals surface area contributed by atoms with Crippen molar-refractivity contribution in [2.75, 3.05) is 6.61 Å². The lowest BCUT2D eigenvalue weighted by atomic mass is 10.1. The lowest BCUT2D eigenvalue weighted by Crippen LogP contribution is -2.12. The third-order valence-electron chi connectivity index (χ3n) is 5.96. The Balaban J connectivity index is 1.76. The second kappa shape index (κ2) is 10.4. The third-order valence-corrected chi connectivity index (χ3v) is 6.98. The number of ether oxygens (including phenoxy) is 1. The molecule has 0 unspecified atom stereocenters. The van der Waals surface area contributed by atoms with Gasteiger partial charge < -0.3 is 14.4 Å². The van der Waals surface area contributed by atoms with Gasteiger partial charge >= 0.3 is 5.97 Å². The van der Waals surface area contributed by atoms with Gasteiger partial charge in [0.1, 0.15) is 16.4 Å². The number of benzene rings is 2. The summed E-state index contributed by atoms with van der Waals surface area (Å²) >= 11 is 1.28. The van der Waals surface area contributed by atoms with Crippen LogP contribution >= 0.6 is 11.8 Å². The minimum atomic E-state index is -0.574. The number of aliphatic hydroxyl groups is 1. The van der Waals surface area contributed by atoms with E-state index < -0.39 is 5.97 Å². The maximum Gasteiger partial charge on any atom is 0.344 e. The van der Waals surface area contributed by atoms with Gasteiger partial charge in [0.2, 0.25) is 0 Å². The molecule has 0 fully saturated rings. The van der Waals surface area contributed by atoms with Gasteiger partial charge in [-0.25, -0.2) is 9.79 Å². The molecule has 3 aromatic rings. The van der Waals surface area contributed by atoms with Crippen LogP contribution in [0.5, 0.6) is 0 Å². The average Bonchev–Trinajstić information content (AvgIpc) is 3.29. The lowest BCUT2D eigenvalue weighted by Gasteiger charge is -2.10. The van der Waals surface area contributed by atoms with Gasteiger partial charge in [0, 0.05) is 17.1 Å². The third kappa shape index (κ3) is 5.13. The molecule has 2 aromatic carbocycles. The Hall–Kier alpha value is -3.51. The second-order valence-electron chi connectivity index (χ2n) is 8.49. The summed E-state index contributed by atoms with van der Waals surface area (Å²) in [6, 6.07) is 18.3. The summed E-state index contributed by atoms with van der Waals surface area (Å²) in [5, 5.41) is 11.5. The fourth-order valence-corrected chi connectivity index (χ4v) is 5.18. The quantitative estimate of drug-likeness (QED) is 0.376. The zero-order valence-corrected chi connectivity index (χ0v) is 21.6. The van der Waals surface area contributed by atoms with E-state index in [1.165, 1.54) is 22.9 Å². The van der Waals surface area contributed by atoms with Crippen LogP contribution in [0.4, 0.5) is 5.69 Å². The summed E-state index contributed by atoms with van der Waals surface area (Å²) in [5.74, 6) is -0.673. The molecule has 1 aliphatic heterocycles. The van der Waals surface area contributed by atoms with Gasteiger partial charge in [-0.2, -0.15) is 0 Å². The van der Waals surface area contributed by atoms with E-state index in [0.29, 0.717) is 9.95 Å². The molecule has 0 atom stereocenters. The summed E-state index contributed by atoms with van der Waals surface area (Å²) in [6.45, 7) is 10.3. The number of rotatable bonds is 6. The molecule has 0 saturated carbocycles. The molecule has 35 heavy (non-hydrogen) atoms. The number of carbonyl (C=O) groups excluding carboxylic acids is 1. The standard InChI is InChI=1S/C29H30N2O3S/c1-6-21-11-13-23(14-12-21)30-28-26(29(33)34-7-2)27(32)25(35-28)17-22-16-19(4)31(20(22)5)24-10-8-9-18(3)15-24/h8-17,32H,6-7H2,1-5H3/b25-17+,30-28?. The van der Waals surface area contributed by atoms with Crippen LogP contribution in [0.1, 0.15) is 41.9 Å². The Kier molecular flexibility index (Phi) is 7.31.